The van der Waals surface area contributed by atoms with Gasteiger partial charge in [-0.25, -0.2) is 38.9 Å². The number of carboxylic acid groups (broad SMARTS) is 2. The summed E-state index contributed by atoms with van der Waals surface area (Å²) >= 11 is 4.68. The Hall–Kier alpha value is -8.08. The maximum absolute atomic E-state index is 12.5. The Balaban J connectivity index is 0.000000669. The minimum absolute atomic E-state index is 0.0675. The smallest absolute Gasteiger partial charge is 0.407 e. The summed E-state index contributed by atoms with van der Waals surface area (Å²) in [5.41, 5.74) is 2.41. The van der Waals surface area contributed by atoms with Crippen LogP contribution in [-0.2, 0) is 38.1 Å². The molecular formula is C81H128N8O17S3. The minimum atomic E-state index is -0.773. The van der Waals surface area contributed by atoms with Crippen LogP contribution in [0.5, 0.6) is 0 Å². The number of thiazole rings is 3. The van der Waals surface area contributed by atoms with E-state index in [1.54, 1.807) is 78.1 Å². The Morgan fingerprint density at radius 3 is 1.06 bits per heavy atom. The molecule has 3 aromatic carbocycles. The first-order valence-corrected chi connectivity index (χ1v) is 40.3. The number of ether oxygens (including phenoxy) is 5. The number of carbonyl (C=O) groups is 9. The number of alkyl carbamates (subject to hydrolysis) is 5. The molecule has 0 aliphatic rings. The van der Waals surface area contributed by atoms with Crippen LogP contribution < -0.4 is 26.6 Å². The molecule has 3 aromatic heterocycles. The lowest BCUT2D eigenvalue weighted by atomic mass is 9.98. The maximum atomic E-state index is 12.5. The summed E-state index contributed by atoms with van der Waals surface area (Å²) in [5.74, 6) is -1.92. The number of rotatable bonds is 32. The predicted octanol–water partition coefficient (Wildman–Crippen LogP) is 19.1. The highest BCUT2D eigenvalue weighted by Crippen LogP contribution is 2.32. The number of para-hydroxylation sites is 3. The normalized spacial score (nSPS) is 13.0. The Morgan fingerprint density at radius 1 is 0.413 bits per heavy atom. The molecule has 0 aliphatic carbocycles. The number of unbranched alkanes of at least 4 members (excludes halogenated alkanes) is 5. The van der Waals surface area contributed by atoms with Crippen molar-refractivity contribution in [1.82, 2.24) is 41.5 Å². The van der Waals surface area contributed by atoms with E-state index in [2.05, 4.69) is 47.6 Å². The molecule has 0 aliphatic heterocycles. The molecule has 612 valence electrons. The van der Waals surface area contributed by atoms with Gasteiger partial charge >= 0.3 is 42.4 Å². The van der Waals surface area contributed by atoms with E-state index in [0.29, 0.717) is 50.6 Å². The number of amides is 5. The molecule has 3 heterocycles. The number of hydrogen-bond acceptors (Lipinski definition) is 21. The number of aliphatic hydroxyl groups is 1. The molecule has 6 atom stereocenters. The summed E-state index contributed by atoms with van der Waals surface area (Å²) in [6.45, 7) is 39.4. The van der Waals surface area contributed by atoms with Crippen molar-refractivity contribution in [3.05, 3.63) is 88.3 Å². The quantitative estimate of drug-likeness (QED) is 0.00841. The third kappa shape index (κ3) is 50.4. The second kappa shape index (κ2) is 51.4. The van der Waals surface area contributed by atoms with Gasteiger partial charge in [0.15, 0.2) is 10.8 Å². The number of aliphatic carboxylic acids is 2. The molecule has 0 saturated carbocycles. The van der Waals surface area contributed by atoms with Crippen molar-refractivity contribution < 1.29 is 82.2 Å². The lowest BCUT2D eigenvalue weighted by Crippen LogP contribution is -2.33. The number of nitrogens with one attached hydrogen (secondary N) is 5. The van der Waals surface area contributed by atoms with Gasteiger partial charge in [0.25, 0.3) is 0 Å². The predicted molar refractivity (Wildman–Crippen MR) is 436 cm³/mol. The van der Waals surface area contributed by atoms with E-state index in [-0.39, 0.29) is 47.6 Å². The number of aliphatic hydroxyl groups excluding tert-OH is 1. The standard InChI is InChI=1S/C19H28N2O3S.C19H26N2O3S.2C12H23NO4.C12H23NO3.C7H5NS/c2*1-13(9-7-8-12-20-18(23)24-19(2,3)4)16(22)17-21-14-10-5-6-11-15(14)25-17;2*1-9(10(14)15)7-5-6-8-13-11(16)17-12(2,3)4;1-10(9-14)7-5-6-8-13-11(15)16-12(2,3)4;1-2-4-7-6(3-1)8-5-9-7/h5-6,10-11,13,16,22H,7-9,12H2,1-4H3,(H,20,23);5-6,10-11,13H,7-9,12H2,1-4H3,(H,20,23);2*9H,5-8H2,1-4H3,(H,13,16)(H,14,15);9-10H,5-8H2,1-4H3,(H,13,15);1-5H/t13-,16?;13-;2*9-;10-;/m00000./s1. The highest BCUT2D eigenvalue weighted by atomic mass is 32.1. The van der Waals surface area contributed by atoms with E-state index >= 15 is 0 Å². The van der Waals surface area contributed by atoms with Crippen molar-refractivity contribution in [3.63, 3.8) is 0 Å². The topological polar surface area (TPSA) is 359 Å². The van der Waals surface area contributed by atoms with Crippen LogP contribution in [-0.4, -0.2) is 145 Å². The number of carboxylic acids is 2. The van der Waals surface area contributed by atoms with E-state index in [1.807, 2.05) is 155 Å². The van der Waals surface area contributed by atoms with Crippen LogP contribution in [0.2, 0.25) is 0 Å². The van der Waals surface area contributed by atoms with Crippen LogP contribution in [0.15, 0.2) is 78.3 Å². The lowest BCUT2D eigenvalue weighted by molar-refractivity contribution is -0.142. The molecule has 109 heavy (non-hydrogen) atoms. The van der Waals surface area contributed by atoms with Gasteiger partial charge in [-0.3, -0.25) is 14.4 Å². The van der Waals surface area contributed by atoms with Crippen molar-refractivity contribution in [1.29, 1.82) is 0 Å². The monoisotopic (exact) mass is 1580 g/mol. The van der Waals surface area contributed by atoms with Gasteiger partial charge in [-0.05, 0) is 210 Å². The van der Waals surface area contributed by atoms with Crippen LogP contribution in [0.3, 0.4) is 0 Å². The van der Waals surface area contributed by atoms with E-state index in [9.17, 15) is 48.3 Å². The van der Waals surface area contributed by atoms with Gasteiger partial charge in [0, 0.05) is 44.6 Å². The maximum Gasteiger partial charge on any atom is 0.407 e. The molecule has 6 rings (SSSR count). The van der Waals surface area contributed by atoms with Gasteiger partial charge in [-0.15, -0.1) is 34.0 Å². The highest BCUT2D eigenvalue weighted by Gasteiger charge is 2.24. The molecule has 0 radical (unpaired) electrons. The fourth-order valence-corrected chi connectivity index (χ4v) is 12.1. The van der Waals surface area contributed by atoms with E-state index in [1.165, 1.54) is 16.0 Å². The zero-order valence-electron chi connectivity index (χ0n) is 68.3. The zero-order valence-corrected chi connectivity index (χ0v) is 70.8. The highest BCUT2D eigenvalue weighted by molar-refractivity contribution is 7.20. The van der Waals surface area contributed by atoms with Crippen LogP contribution in [0.25, 0.3) is 30.6 Å². The SMILES string of the molecule is C[C@@H](CCCCNC(=O)OC(C)(C)C)C(=O)O.C[C@@H](CCCCNC(=O)OC(C)(C)C)C(=O)O.C[C@@H](CCCCNC(=O)OC(C)(C)C)C(=O)c1nc2ccccc2s1.C[C@@H](CCCCNC(=O)OC(C)(C)C)C(O)c1nc2ccccc2s1.C[C@H](C=O)CCCCNC(=O)OC(C)(C)C.c1ccc2scnc2c1. The van der Waals surface area contributed by atoms with Crippen molar-refractivity contribution >= 4 is 119 Å². The average Bonchev–Trinajstić information content (AvgIpc) is 1.69. The first-order chi connectivity index (χ1) is 50.8. The Kier molecular flexibility index (Phi) is 46.7. The number of carbonyl (C=O) groups excluding carboxylic acids is 7. The van der Waals surface area contributed by atoms with Crippen molar-refractivity contribution in [2.45, 2.75) is 269 Å². The van der Waals surface area contributed by atoms with Crippen LogP contribution in [0.4, 0.5) is 24.0 Å². The number of benzene rings is 3. The molecule has 25 nitrogen and oxygen atoms in total. The van der Waals surface area contributed by atoms with E-state index < -0.39 is 64.3 Å². The summed E-state index contributed by atoms with van der Waals surface area (Å²) < 4.78 is 29.0. The van der Waals surface area contributed by atoms with Crippen molar-refractivity contribution in [2.24, 2.45) is 29.6 Å². The van der Waals surface area contributed by atoms with Crippen molar-refractivity contribution in [2.75, 3.05) is 32.7 Å². The molecule has 5 amide bonds. The van der Waals surface area contributed by atoms with Gasteiger partial charge in [0.05, 0.1) is 48.0 Å². The fraction of sp³-hybridized carbons (Fsp3) is 0.630. The largest absolute Gasteiger partial charge is 0.481 e. The van der Waals surface area contributed by atoms with E-state index in [0.717, 1.165) is 121 Å². The average molecular weight is 1580 g/mol. The molecule has 0 saturated heterocycles. The van der Waals surface area contributed by atoms with Gasteiger partial charge in [0.1, 0.15) is 45.4 Å². The summed E-state index contributed by atoms with van der Waals surface area (Å²) in [6.07, 6.45) is 10.6. The van der Waals surface area contributed by atoms with Crippen LogP contribution in [0, 0.1) is 29.6 Å². The zero-order chi connectivity index (χ0) is 82.6. The second-order valence-corrected chi connectivity index (χ2v) is 34.7. The van der Waals surface area contributed by atoms with Crippen molar-refractivity contribution in [3.8, 4) is 0 Å². The number of ketones is 1. The number of nitrogens with zero attached hydrogens (tertiary/aromatic N) is 3. The fourth-order valence-electron chi connectivity index (χ4n) is 9.29. The number of aldehydes is 1. The third-order valence-corrected chi connectivity index (χ3v) is 18.0. The molecule has 0 spiro atoms. The molecular weight excluding hydrogens is 1450 g/mol. The molecule has 0 fully saturated rings. The number of hydrogen-bond donors (Lipinski definition) is 8. The molecule has 1 unspecified atom stereocenters. The first-order valence-electron chi connectivity index (χ1n) is 37.7. The second-order valence-electron chi connectivity index (χ2n) is 31.7. The van der Waals surface area contributed by atoms with Gasteiger partial charge in [0.2, 0.25) is 0 Å². The summed E-state index contributed by atoms with van der Waals surface area (Å²) in [6, 6.07) is 23.9. The first kappa shape index (κ1) is 98.9. The van der Waals surface area contributed by atoms with Gasteiger partial charge in [-0.2, -0.15) is 0 Å². The minimum Gasteiger partial charge on any atom is -0.481 e. The number of Topliss-reactive ketones (excluding diaryl/α,β-unsaturated/α-hetero) is 1. The van der Waals surface area contributed by atoms with Gasteiger partial charge in [-0.1, -0.05) is 103 Å². The Bertz CT molecular complexity index is 3490. The summed E-state index contributed by atoms with van der Waals surface area (Å²) in [4.78, 5) is 114. The Morgan fingerprint density at radius 2 is 0.725 bits per heavy atom. The summed E-state index contributed by atoms with van der Waals surface area (Å²) in [7, 11) is 0. The number of aromatic nitrogens is 3. The number of fused-ring (bicyclic) bond motifs is 3. The molecule has 0 bridgehead atoms. The summed E-state index contributed by atoms with van der Waals surface area (Å²) in [5, 5.41) is 42.7. The van der Waals surface area contributed by atoms with E-state index in [4.69, 9.17) is 33.9 Å². The Labute approximate surface area is 658 Å². The lowest BCUT2D eigenvalue weighted by Gasteiger charge is -2.20. The third-order valence-electron chi connectivity index (χ3n) is 15.1. The van der Waals surface area contributed by atoms with Crippen LogP contribution in [0.1, 0.15) is 256 Å². The molecule has 8 N–H and O–H groups in total. The molecule has 6 aromatic rings. The van der Waals surface area contributed by atoms with Gasteiger partial charge < -0.3 is 70.4 Å². The molecule has 28 heteroatoms. The van der Waals surface area contributed by atoms with Crippen LogP contribution >= 0.6 is 34.0 Å².